The molecule has 14 heavy (non-hydrogen) atoms. The highest BCUT2D eigenvalue weighted by atomic mass is 35.5. The number of nitrogens with one attached hydrogen (secondary N) is 1. The van der Waals surface area contributed by atoms with Gasteiger partial charge in [0.15, 0.2) is 0 Å². The zero-order chi connectivity index (χ0) is 10.1. The summed E-state index contributed by atoms with van der Waals surface area (Å²) in [6.07, 6.45) is 2.14. The Kier molecular flexibility index (Phi) is 3.01. The maximum Gasteiger partial charge on any atom is 0.0457 e. The number of halogens is 2. The lowest BCUT2D eigenvalue weighted by molar-refractivity contribution is 0.549. The minimum absolute atomic E-state index is 0.390. The number of rotatable bonds is 2. The van der Waals surface area contributed by atoms with Gasteiger partial charge in [0.25, 0.3) is 0 Å². The first-order valence-electron chi connectivity index (χ1n) is 4.94. The van der Waals surface area contributed by atoms with Crippen molar-refractivity contribution in [3.8, 4) is 0 Å². The Bertz CT molecular complexity index is 349. The molecule has 0 heterocycles. The average Bonchev–Trinajstić information content (AvgIpc) is 2.58. The van der Waals surface area contributed by atoms with Crippen molar-refractivity contribution in [2.45, 2.75) is 25.8 Å². The molecule has 0 saturated carbocycles. The second-order valence-corrected chi connectivity index (χ2v) is 4.38. The van der Waals surface area contributed by atoms with E-state index in [0.29, 0.717) is 6.04 Å². The molecular formula is C11H13Cl2N. The summed E-state index contributed by atoms with van der Waals surface area (Å²) < 4.78 is 0. The summed E-state index contributed by atoms with van der Waals surface area (Å²) in [6.45, 7) is 3.07. The Morgan fingerprint density at radius 3 is 2.79 bits per heavy atom. The maximum absolute atomic E-state index is 6.17. The Labute approximate surface area is 94.4 Å². The molecular weight excluding hydrogens is 217 g/mol. The van der Waals surface area contributed by atoms with Crippen LogP contribution in [0.25, 0.3) is 0 Å². The lowest BCUT2D eigenvalue weighted by Crippen LogP contribution is -2.18. The van der Waals surface area contributed by atoms with E-state index in [4.69, 9.17) is 23.2 Å². The van der Waals surface area contributed by atoms with Gasteiger partial charge in [0.1, 0.15) is 0 Å². The predicted molar refractivity (Wildman–Crippen MR) is 61.2 cm³/mol. The van der Waals surface area contributed by atoms with E-state index >= 15 is 0 Å². The predicted octanol–water partition coefficient (Wildman–Crippen LogP) is 3.59. The SMILES string of the molecule is CCNC1CCc2c(Cl)ccc(Cl)c21. The second kappa shape index (κ2) is 4.09. The Morgan fingerprint density at radius 2 is 2.07 bits per heavy atom. The number of hydrogen-bond acceptors (Lipinski definition) is 1. The lowest BCUT2D eigenvalue weighted by atomic mass is 10.1. The van der Waals surface area contributed by atoms with Gasteiger partial charge < -0.3 is 5.32 Å². The minimum Gasteiger partial charge on any atom is -0.310 e. The van der Waals surface area contributed by atoms with Gasteiger partial charge >= 0.3 is 0 Å². The molecule has 1 aliphatic carbocycles. The average molecular weight is 230 g/mol. The molecule has 1 aromatic rings. The van der Waals surface area contributed by atoms with Crippen LogP contribution in [0.3, 0.4) is 0 Å². The molecule has 0 radical (unpaired) electrons. The van der Waals surface area contributed by atoms with E-state index < -0.39 is 0 Å². The van der Waals surface area contributed by atoms with Gasteiger partial charge in [0.2, 0.25) is 0 Å². The highest BCUT2D eigenvalue weighted by Gasteiger charge is 2.25. The molecule has 76 valence electrons. The van der Waals surface area contributed by atoms with Crippen LogP contribution in [0.4, 0.5) is 0 Å². The molecule has 0 bridgehead atoms. The fraction of sp³-hybridized carbons (Fsp3) is 0.455. The third kappa shape index (κ3) is 1.65. The molecule has 0 aliphatic heterocycles. The number of hydrogen-bond donors (Lipinski definition) is 1. The van der Waals surface area contributed by atoms with E-state index in [-0.39, 0.29) is 0 Å². The Hall–Kier alpha value is -0.240. The molecule has 0 spiro atoms. The summed E-state index contributed by atoms with van der Waals surface area (Å²) in [4.78, 5) is 0. The first kappa shape index (κ1) is 10.3. The molecule has 1 unspecified atom stereocenters. The van der Waals surface area contributed by atoms with Crippen molar-refractivity contribution in [3.05, 3.63) is 33.3 Å². The molecule has 3 heteroatoms. The molecule has 0 saturated heterocycles. The molecule has 1 aliphatic rings. The summed E-state index contributed by atoms with van der Waals surface area (Å²) in [5.41, 5.74) is 2.44. The van der Waals surface area contributed by atoms with Crippen LogP contribution in [0, 0.1) is 0 Å². The van der Waals surface area contributed by atoms with E-state index in [0.717, 1.165) is 29.4 Å². The number of benzene rings is 1. The summed E-state index contributed by atoms with van der Waals surface area (Å²) >= 11 is 12.3. The van der Waals surface area contributed by atoms with Crippen molar-refractivity contribution in [1.82, 2.24) is 5.32 Å². The molecule has 1 N–H and O–H groups in total. The highest BCUT2D eigenvalue weighted by Crippen LogP contribution is 2.39. The highest BCUT2D eigenvalue weighted by molar-refractivity contribution is 6.34. The van der Waals surface area contributed by atoms with Gasteiger partial charge in [0, 0.05) is 16.1 Å². The molecule has 2 rings (SSSR count). The van der Waals surface area contributed by atoms with Crippen LogP contribution in [-0.4, -0.2) is 6.54 Å². The largest absolute Gasteiger partial charge is 0.310 e. The lowest BCUT2D eigenvalue weighted by Gasteiger charge is -2.14. The van der Waals surface area contributed by atoms with Gasteiger partial charge in [-0.25, -0.2) is 0 Å². The minimum atomic E-state index is 0.390. The van der Waals surface area contributed by atoms with Gasteiger partial charge in [-0.2, -0.15) is 0 Å². The summed E-state index contributed by atoms with van der Waals surface area (Å²) in [6, 6.07) is 4.16. The van der Waals surface area contributed by atoms with E-state index in [2.05, 4.69) is 12.2 Å². The van der Waals surface area contributed by atoms with Crippen LogP contribution in [-0.2, 0) is 6.42 Å². The summed E-state index contributed by atoms with van der Waals surface area (Å²) in [5, 5.41) is 5.12. The van der Waals surface area contributed by atoms with Crippen molar-refractivity contribution in [1.29, 1.82) is 0 Å². The third-order valence-electron chi connectivity index (χ3n) is 2.73. The summed E-state index contributed by atoms with van der Waals surface area (Å²) in [5.74, 6) is 0. The van der Waals surface area contributed by atoms with Crippen LogP contribution in [0.1, 0.15) is 30.5 Å². The first-order valence-corrected chi connectivity index (χ1v) is 5.69. The van der Waals surface area contributed by atoms with Crippen LogP contribution >= 0.6 is 23.2 Å². The van der Waals surface area contributed by atoms with Gasteiger partial charge in [-0.1, -0.05) is 30.1 Å². The van der Waals surface area contributed by atoms with Gasteiger partial charge in [-0.3, -0.25) is 0 Å². The zero-order valence-electron chi connectivity index (χ0n) is 8.11. The van der Waals surface area contributed by atoms with E-state index in [1.54, 1.807) is 0 Å². The molecule has 1 atom stereocenters. The molecule has 0 amide bonds. The third-order valence-corrected chi connectivity index (χ3v) is 3.41. The van der Waals surface area contributed by atoms with Crippen molar-refractivity contribution in [2.75, 3.05) is 6.54 Å². The molecule has 0 aromatic heterocycles. The number of fused-ring (bicyclic) bond motifs is 1. The van der Waals surface area contributed by atoms with Crippen molar-refractivity contribution in [2.24, 2.45) is 0 Å². The zero-order valence-corrected chi connectivity index (χ0v) is 9.62. The molecule has 1 aromatic carbocycles. The van der Waals surface area contributed by atoms with Crippen LogP contribution < -0.4 is 5.32 Å². The monoisotopic (exact) mass is 229 g/mol. The topological polar surface area (TPSA) is 12.0 Å². The standard InChI is InChI=1S/C11H13Cl2N/c1-2-14-10-6-3-7-8(12)4-5-9(13)11(7)10/h4-5,10,14H,2-3,6H2,1H3. The van der Waals surface area contributed by atoms with Gasteiger partial charge in [0.05, 0.1) is 0 Å². The van der Waals surface area contributed by atoms with E-state index in [1.807, 2.05) is 12.1 Å². The fourth-order valence-electron chi connectivity index (χ4n) is 2.12. The first-order chi connectivity index (χ1) is 6.74. The maximum atomic E-state index is 6.17. The van der Waals surface area contributed by atoms with E-state index in [1.165, 1.54) is 11.1 Å². The quantitative estimate of drug-likeness (QED) is 0.818. The molecule has 0 fully saturated rings. The smallest absolute Gasteiger partial charge is 0.0457 e. The van der Waals surface area contributed by atoms with Crippen molar-refractivity contribution >= 4 is 23.2 Å². The Balaban J connectivity index is 2.42. The van der Waals surface area contributed by atoms with Crippen molar-refractivity contribution < 1.29 is 0 Å². The Morgan fingerprint density at radius 1 is 1.36 bits per heavy atom. The summed E-state index contributed by atoms with van der Waals surface area (Å²) in [7, 11) is 0. The van der Waals surface area contributed by atoms with Crippen LogP contribution in [0.15, 0.2) is 12.1 Å². The van der Waals surface area contributed by atoms with Gasteiger partial charge in [-0.05, 0) is 42.6 Å². The van der Waals surface area contributed by atoms with Gasteiger partial charge in [-0.15, -0.1) is 0 Å². The van der Waals surface area contributed by atoms with Crippen LogP contribution in [0.2, 0.25) is 10.0 Å². The normalized spacial score (nSPS) is 19.8. The molecule has 1 nitrogen and oxygen atoms in total. The fourth-order valence-corrected chi connectivity index (χ4v) is 2.69. The van der Waals surface area contributed by atoms with E-state index in [9.17, 15) is 0 Å². The van der Waals surface area contributed by atoms with Crippen LogP contribution in [0.5, 0.6) is 0 Å². The second-order valence-electron chi connectivity index (χ2n) is 3.57. The van der Waals surface area contributed by atoms with Crippen molar-refractivity contribution in [3.63, 3.8) is 0 Å².